The number of para-hydroxylation sites is 4. The van der Waals surface area contributed by atoms with Crippen molar-refractivity contribution < 1.29 is 8.83 Å². The molecule has 0 unspecified atom stereocenters. The Labute approximate surface area is 299 Å². The molecule has 3 aromatic heterocycles. The van der Waals surface area contributed by atoms with Gasteiger partial charge in [0, 0.05) is 32.9 Å². The van der Waals surface area contributed by atoms with Crippen LogP contribution in [-0.2, 0) is 0 Å². The Balaban J connectivity index is 1.20. The second kappa shape index (κ2) is 11.2. The number of furan rings is 2. The van der Waals surface area contributed by atoms with Crippen LogP contribution in [0.25, 0.3) is 82.5 Å². The molecule has 4 heteroatoms. The molecule has 0 N–H and O–H groups in total. The second-order valence-electron chi connectivity index (χ2n) is 13.3. The van der Waals surface area contributed by atoms with E-state index in [0.29, 0.717) is 0 Å². The first-order valence-electron chi connectivity index (χ1n) is 17.6. The van der Waals surface area contributed by atoms with Gasteiger partial charge >= 0.3 is 0 Å². The van der Waals surface area contributed by atoms with Gasteiger partial charge in [-0.1, -0.05) is 115 Å². The maximum atomic E-state index is 6.93. The maximum Gasteiger partial charge on any atom is 0.159 e. The molecule has 0 aliphatic carbocycles. The fourth-order valence-electron chi connectivity index (χ4n) is 8.11. The summed E-state index contributed by atoms with van der Waals surface area (Å²) in [5, 5.41) is 6.57. The highest BCUT2D eigenvalue weighted by molar-refractivity contribution is 6.26. The summed E-state index contributed by atoms with van der Waals surface area (Å²) in [5.41, 5.74) is 12.2. The average molecular weight is 667 g/mol. The predicted octanol–water partition coefficient (Wildman–Crippen LogP) is 13.7. The molecular formula is C48H30N2O2. The molecule has 8 aromatic carbocycles. The van der Waals surface area contributed by atoms with Crippen molar-refractivity contribution >= 4 is 82.7 Å². The fourth-order valence-corrected chi connectivity index (χ4v) is 8.11. The third kappa shape index (κ3) is 4.21. The quantitative estimate of drug-likeness (QED) is 0.183. The first-order valence-corrected chi connectivity index (χ1v) is 17.6. The summed E-state index contributed by atoms with van der Waals surface area (Å²) in [6.45, 7) is 0. The van der Waals surface area contributed by atoms with Gasteiger partial charge in [0.1, 0.15) is 16.7 Å². The molecule has 0 fully saturated rings. The minimum absolute atomic E-state index is 0.833. The van der Waals surface area contributed by atoms with E-state index in [1.807, 2.05) is 12.1 Å². The minimum atomic E-state index is 0.833. The molecule has 11 aromatic rings. The van der Waals surface area contributed by atoms with Crippen molar-refractivity contribution in [2.45, 2.75) is 0 Å². The molecule has 0 radical (unpaired) electrons. The zero-order valence-corrected chi connectivity index (χ0v) is 28.0. The Kier molecular flexibility index (Phi) is 6.22. The van der Waals surface area contributed by atoms with Gasteiger partial charge in [-0.25, -0.2) is 0 Å². The van der Waals surface area contributed by atoms with Gasteiger partial charge in [-0.05, 0) is 77.9 Å². The Morgan fingerprint density at radius 1 is 0.365 bits per heavy atom. The van der Waals surface area contributed by atoms with Crippen LogP contribution in [-0.4, -0.2) is 4.57 Å². The first-order chi connectivity index (χ1) is 25.8. The van der Waals surface area contributed by atoms with Crippen LogP contribution in [0.1, 0.15) is 0 Å². The normalized spacial score (nSPS) is 11.8. The van der Waals surface area contributed by atoms with Crippen LogP contribution in [0.15, 0.2) is 191 Å². The number of fused-ring (bicyclic) bond motifs is 10. The number of nitrogens with zero attached hydrogens (tertiary/aromatic N) is 2. The highest BCUT2D eigenvalue weighted by atomic mass is 16.3. The average Bonchev–Trinajstić information content (AvgIpc) is 3.89. The molecule has 0 atom stereocenters. The van der Waals surface area contributed by atoms with E-state index in [1.165, 1.54) is 5.56 Å². The summed E-state index contributed by atoms with van der Waals surface area (Å²) in [4.78, 5) is 2.33. The topological polar surface area (TPSA) is 34.5 Å². The highest BCUT2D eigenvalue weighted by Crippen LogP contribution is 2.48. The molecule has 0 amide bonds. The standard InChI is InChI=1S/C48H30N2O2/c1-3-13-31(14-4-1)32-25-27-34(28-26-32)50(42-22-11-19-36-35-17-8-10-23-43(35)51-47(36)42)40-21-12-24-44-45(40)38-29-30-41-46(48(38)52-44)37-18-7-9-20-39(37)49(41)33-15-5-2-6-16-33/h1-30H. The Morgan fingerprint density at radius 3 is 1.85 bits per heavy atom. The van der Waals surface area contributed by atoms with Gasteiger partial charge in [0.25, 0.3) is 0 Å². The van der Waals surface area contributed by atoms with Crippen molar-refractivity contribution in [1.82, 2.24) is 4.57 Å². The Morgan fingerprint density at radius 2 is 1.00 bits per heavy atom. The van der Waals surface area contributed by atoms with Crippen molar-refractivity contribution in [3.8, 4) is 16.8 Å². The van der Waals surface area contributed by atoms with Crippen LogP contribution in [0.4, 0.5) is 17.1 Å². The van der Waals surface area contributed by atoms with Gasteiger partial charge in [0.05, 0.1) is 33.2 Å². The van der Waals surface area contributed by atoms with Gasteiger partial charge in [-0.15, -0.1) is 0 Å². The maximum absolute atomic E-state index is 6.93. The molecular weight excluding hydrogens is 637 g/mol. The number of hydrogen-bond acceptors (Lipinski definition) is 3. The number of benzene rings is 8. The first kappa shape index (κ1) is 28.8. The molecule has 0 saturated heterocycles. The van der Waals surface area contributed by atoms with Crippen molar-refractivity contribution in [3.63, 3.8) is 0 Å². The van der Waals surface area contributed by atoms with Crippen LogP contribution < -0.4 is 4.90 Å². The van der Waals surface area contributed by atoms with Crippen LogP contribution >= 0.6 is 0 Å². The fraction of sp³-hybridized carbons (Fsp3) is 0. The van der Waals surface area contributed by atoms with Gasteiger partial charge in [-0.3, -0.25) is 0 Å². The molecule has 52 heavy (non-hydrogen) atoms. The van der Waals surface area contributed by atoms with Crippen LogP contribution in [0, 0.1) is 0 Å². The van der Waals surface area contributed by atoms with Crippen molar-refractivity contribution in [2.24, 2.45) is 0 Å². The van der Waals surface area contributed by atoms with E-state index >= 15 is 0 Å². The summed E-state index contributed by atoms with van der Waals surface area (Å²) in [7, 11) is 0. The van der Waals surface area contributed by atoms with Gasteiger partial charge < -0.3 is 18.3 Å². The molecule has 0 saturated carbocycles. The van der Waals surface area contributed by atoms with Gasteiger partial charge in [0.2, 0.25) is 0 Å². The van der Waals surface area contributed by atoms with Crippen molar-refractivity contribution in [2.75, 3.05) is 4.90 Å². The molecule has 3 heterocycles. The SMILES string of the molecule is c1ccc(-c2ccc(N(c3cccc4c3oc3ccccc34)c3cccc4oc5c(ccc6c5c5ccccc5n6-c5ccccc5)c34)cc2)cc1. The lowest BCUT2D eigenvalue weighted by atomic mass is 10.0. The van der Waals surface area contributed by atoms with E-state index in [4.69, 9.17) is 8.83 Å². The summed E-state index contributed by atoms with van der Waals surface area (Å²) >= 11 is 0. The van der Waals surface area contributed by atoms with E-state index in [2.05, 4.69) is 179 Å². The minimum Gasteiger partial charge on any atom is -0.455 e. The monoisotopic (exact) mass is 666 g/mol. The molecule has 11 rings (SSSR count). The highest BCUT2D eigenvalue weighted by Gasteiger charge is 2.25. The van der Waals surface area contributed by atoms with Gasteiger partial charge in [-0.2, -0.15) is 0 Å². The third-order valence-corrected chi connectivity index (χ3v) is 10.4. The third-order valence-electron chi connectivity index (χ3n) is 10.4. The van der Waals surface area contributed by atoms with E-state index < -0.39 is 0 Å². The van der Waals surface area contributed by atoms with Crippen LogP contribution in [0.5, 0.6) is 0 Å². The second-order valence-corrected chi connectivity index (χ2v) is 13.3. The summed E-state index contributed by atoms with van der Waals surface area (Å²) < 4.78 is 15.9. The molecule has 0 spiro atoms. The van der Waals surface area contributed by atoms with Crippen molar-refractivity contribution in [3.05, 3.63) is 182 Å². The number of hydrogen-bond donors (Lipinski definition) is 0. The molecule has 0 bridgehead atoms. The number of anilines is 3. The molecule has 0 aliphatic rings. The number of aromatic nitrogens is 1. The zero-order chi connectivity index (χ0) is 34.2. The lowest BCUT2D eigenvalue weighted by molar-refractivity contribution is 0.669. The summed E-state index contributed by atoms with van der Waals surface area (Å²) in [5.74, 6) is 0. The van der Waals surface area contributed by atoms with E-state index in [1.54, 1.807) is 0 Å². The zero-order valence-electron chi connectivity index (χ0n) is 28.0. The largest absolute Gasteiger partial charge is 0.455 e. The Bertz CT molecular complexity index is 3110. The summed E-state index contributed by atoms with van der Waals surface area (Å²) in [6, 6.07) is 64.0. The number of rotatable bonds is 5. The lowest BCUT2D eigenvalue weighted by Crippen LogP contribution is -2.10. The van der Waals surface area contributed by atoms with Crippen LogP contribution in [0.3, 0.4) is 0 Å². The van der Waals surface area contributed by atoms with E-state index in [9.17, 15) is 0 Å². The molecule has 0 aliphatic heterocycles. The molecule has 4 nitrogen and oxygen atoms in total. The smallest absolute Gasteiger partial charge is 0.159 e. The van der Waals surface area contributed by atoms with Crippen LogP contribution in [0.2, 0.25) is 0 Å². The van der Waals surface area contributed by atoms with E-state index in [-0.39, 0.29) is 0 Å². The predicted molar refractivity (Wildman–Crippen MR) is 215 cm³/mol. The van der Waals surface area contributed by atoms with Gasteiger partial charge in [0.15, 0.2) is 5.58 Å². The van der Waals surface area contributed by atoms with E-state index in [0.717, 1.165) is 94.0 Å². The lowest BCUT2D eigenvalue weighted by Gasteiger charge is -2.26. The Hall–Kier alpha value is -7.04. The molecule has 244 valence electrons. The van der Waals surface area contributed by atoms with Crippen molar-refractivity contribution in [1.29, 1.82) is 0 Å². The summed E-state index contributed by atoms with van der Waals surface area (Å²) in [6.07, 6.45) is 0.